The van der Waals surface area contributed by atoms with Crippen LogP contribution in [0.1, 0.15) is 57.1 Å². The Balaban J connectivity index is 1.16. The Labute approximate surface area is 180 Å². The second kappa shape index (κ2) is 8.51. The standard InChI is InChI=1S/C25H37N3O2/c1-16-13-28(14-17(2)30-16)15-21-6-4-3-5-20(21)12-26-25(29)27-24-22-8-18-7-19(10-22)11-23(24)9-18/h3-6,16-19,22-24H,7-15H2,1-2H3,(H2,26,27,29). The van der Waals surface area contributed by atoms with Gasteiger partial charge in [0.15, 0.2) is 0 Å². The van der Waals surface area contributed by atoms with Crippen molar-refractivity contribution in [2.24, 2.45) is 23.7 Å². The minimum atomic E-state index is 0.0101. The monoisotopic (exact) mass is 411 g/mol. The van der Waals surface area contributed by atoms with Crippen molar-refractivity contribution in [1.29, 1.82) is 0 Å². The number of morpholine rings is 1. The molecule has 5 aliphatic rings. The average molecular weight is 412 g/mol. The summed E-state index contributed by atoms with van der Waals surface area (Å²) in [6, 6.07) is 8.91. The third-order valence-corrected chi connectivity index (χ3v) is 7.97. The number of hydrogen-bond donors (Lipinski definition) is 2. The zero-order valence-electron chi connectivity index (χ0n) is 18.5. The summed E-state index contributed by atoms with van der Waals surface area (Å²) >= 11 is 0. The zero-order valence-corrected chi connectivity index (χ0v) is 18.5. The molecule has 2 atom stereocenters. The lowest BCUT2D eigenvalue weighted by atomic mass is 9.54. The van der Waals surface area contributed by atoms with E-state index in [9.17, 15) is 4.79 Å². The first-order valence-corrected chi connectivity index (χ1v) is 12.0. The number of ether oxygens (including phenoxy) is 1. The van der Waals surface area contributed by atoms with Crippen LogP contribution in [0.2, 0.25) is 0 Å². The van der Waals surface area contributed by atoms with Gasteiger partial charge in [0.2, 0.25) is 0 Å². The Morgan fingerprint density at radius 2 is 1.57 bits per heavy atom. The van der Waals surface area contributed by atoms with E-state index in [-0.39, 0.29) is 18.2 Å². The highest BCUT2D eigenvalue weighted by Gasteiger charge is 2.48. The molecule has 0 spiro atoms. The molecule has 4 bridgehead atoms. The fourth-order valence-corrected chi connectivity index (χ4v) is 7.08. The highest BCUT2D eigenvalue weighted by atomic mass is 16.5. The zero-order chi connectivity index (χ0) is 20.7. The van der Waals surface area contributed by atoms with Crippen LogP contribution in [-0.2, 0) is 17.8 Å². The second-order valence-corrected chi connectivity index (χ2v) is 10.5. The maximum atomic E-state index is 12.7. The highest BCUT2D eigenvalue weighted by molar-refractivity contribution is 5.74. The van der Waals surface area contributed by atoms with Gasteiger partial charge in [-0.2, -0.15) is 0 Å². The Morgan fingerprint density at radius 3 is 2.20 bits per heavy atom. The van der Waals surface area contributed by atoms with Crippen LogP contribution < -0.4 is 10.6 Å². The molecule has 1 aromatic rings. The maximum absolute atomic E-state index is 12.7. The predicted octanol–water partition coefficient (Wildman–Crippen LogP) is 3.92. The molecule has 30 heavy (non-hydrogen) atoms. The van der Waals surface area contributed by atoms with E-state index >= 15 is 0 Å². The highest BCUT2D eigenvalue weighted by Crippen LogP contribution is 2.53. The van der Waals surface area contributed by atoms with Crippen LogP contribution in [0.15, 0.2) is 24.3 Å². The average Bonchev–Trinajstić information content (AvgIpc) is 2.69. The third-order valence-electron chi connectivity index (χ3n) is 7.97. The van der Waals surface area contributed by atoms with Crippen molar-refractivity contribution in [1.82, 2.24) is 15.5 Å². The third kappa shape index (κ3) is 4.38. The van der Waals surface area contributed by atoms with Crippen molar-refractivity contribution >= 4 is 6.03 Å². The van der Waals surface area contributed by atoms with Gasteiger partial charge < -0.3 is 15.4 Å². The van der Waals surface area contributed by atoms with Gasteiger partial charge in [0.05, 0.1) is 12.2 Å². The van der Waals surface area contributed by atoms with E-state index in [4.69, 9.17) is 4.74 Å². The van der Waals surface area contributed by atoms with Gasteiger partial charge in [-0.3, -0.25) is 4.90 Å². The largest absolute Gasteiger partial charge is 0.373 e. The molecule has 4 aliphatic carbocycles. The van der Waals surface area contributed by atoms with Crippen LogP contribution in [0, 0.1) is 23.7 Å². The Kier molecular flexibility index (Phi) is 5.76. The van der Waals surface area contributed by atoms with E-state index < -0.39 is 0 Å². The van der Waals surface area contributed by atoms with E-state index in [0.29, 0.717) is 24.4 Å². The van der Waals surface area contributed by atoms with Crippen molar-refractivity contribution in [2.75, 3.05) is 13.1 Å². The molecule has 2 N–H and O–H groups in total. The summed E-state index contributed by atoms with van der Waals surface area (Å²) in [5.74, 6) is 3.30. The van der Waals surface area contributed by atoms with E-state index in [0.717, 1.165) is 31.5 Å². The first-order chi connectivity index (χ1) is 14.5. The molecule has 2 amide bonds. The van der Waals surface area contributed by atoms with Crippen molar-refractivity contribution in [3.8, 4) is 0 Å². The lowest BCUT2D eigenvalue weighted by molar-refractivity contribution is -0.0705. The lowest BCUT2D eigenvalue weighted by Gasteiger charge is -2.54. The number of nitrogens with one attached hydrogen (secondary N) is 2. The number of rotatable bonds is 5. The van der Waals surface area contributed by atoms with Crippen LogP contribution in [0.25, 0.3) is 0 Å². The molecule has 5 nitrogen and oxygen atoms in total. The summed E-state index contributed by atoms with van der Waals surface area (Å²) in [7, 11) is 0. The Morgan fingerprint density at radius 1 is 0.967 bits per heavy atom. The van der Waals surface area contributed by atoms with E-state index in [1.54, 1.807) is 0 Å². The molecular weight excluding hydrogens is 374 g/mol. The summed E-state index contributed by atoms with van der Waals surface area (Å²) in [6.07, 6.45) is 7.31. The molecule has 1 heterocycles. The molecule has 0 radical (unpaired) electrons. The number of nitrogens with zero attached hydrogens (tertiary/aromatic N) is 1. The van der Waals surface area contributed by atoms with Gasteiger partial charge in [-0.25, -0.2) is 4.79 Å². The summed E-state index contributed by atoms with van der Waals surface area (Å²) in [6.45, 7) is 7.70. The van der Waals surface area contributed by atoms with E-state index in [1.165, 1.54) is 43.2 Å². The van der Waals surface area contributed by atoms with Crippen molar-refractivity contribution in [2.45, 2.75) is 77.3 Å². The molecule has 5 heteroatoms. The molecule has 1 aromatic carbocycles. The summed E-state index contributed by atoms with van der Waals surface area (Å²) in [5, 5.41) is 6.53. The maximum Gasteiger partial charge on any atom is 0.315 e. The number of amides is 2. The van der Waals surface area contributed by atoms with Crippen molar-refractivity contribution in [3.05, 3.63) is 35.4 Å². The molecule has 6 rings (SSSR count). The number of benzene rings is 1. The molecule has 1 aliphatic heterocycles. The summed E-state index contributed by atoms with van der Waals surface area (Å²) in [4.78, 5) is 15.2. The van der Waals surface area contributed by atoms with Gasteiger partial charge >= 0.3 is 6.03 Å². The van der Waals surface area contributed by atoms with Crippen molar-refractivity contribution < 1.29 is 9.53 Å². The van der Waals surface area contributed by atoms with Gasteiger partial charge in [0, 0.05) is 32.2 Å². The normalized spacial score (nSPS) is 37.9. The lowest BCUT2D eigenvalue weighted by Crippen LogP contribution is -2.57. The molecule has 1 saturated heterocycles. The fraction of sp³-hybridized carbons (Fsp3) is 0.720. The van der Waals surface area contributed by atoms with E-state index in [1.807, 2.05) is 0 Å². The minimum absolute atomic E-state index is 0.0101. The molecule has 2 unspecified atom stereocenters. The SMILES string of the molecule is CC1CN(Cc2ccccc2CNC(=O)NC2C3CC4CC(C3)CC2C4)CC(C)O1. The number of hydrogen-bond acceptors (Lipinski definition) is 3. The van der Waals surface area contributed by atoms with Gasteiger partial charge in [0.1, 0.15) is 0 Å². The Hall–Kier alpha value is -1.59. The van der Waals surface area contributed by atoms with E-state index in [2.05, 4.69) is 53.6 Å². The molecule has 5 fully saturated rings. The van der Waals surface area contributed by atoms with Gasteiger partial charge in [-0.05, 0) is 80.8 Å². The van der Waals surface area contributed by atoms with Crippen LogP contribution in [0.4, 0.5) is 4.79 Å². The number of carbonyl (C=O) groups excluding carboxylic acids is 1. The van der Waals surface area contributed by atoms with Crippen LogP contribution in [-0.4, -0.2) is 42.3 Å². The van der Waals surface area contributed by atoms with Crippen molar-refractivity contribution in [3.63, 3.8) is 0 Å². The van der Waals surface area contributed by atoms with Gasteiger partial charge in [0.25, 0.3) is 0 Å². The molecule has 4 saturated carbocycles. The molecular formula is C25H37N3O2. The smallest absolute Gasteiger partial charge is 0.315 e. The summed E-state index contributed by atoms with van der Waals surface area (Å²) in [5.41, 5.74) is 2.51. The molecule has 164 valence electrons. The number of urea groups is 1. The quantitative estimate of drug-likeness (QED) is 0.772. The van der Waals surface area contributed by atoms with Crippen LogP contribution >= 0.6 is 0 Å². The van der Waals surface area contributed by atoms with Crippen LogP contribution in [0.3, 0.4) is 0 Å². The number of carbonyl (C=O) groups is 1. The Bertz CT molecular complexity index is 729. The topological polar surface area (TPSA) is 53.6 Å². The first-order valence-electron chi connectivity index (χ1n) is 12.0. The fourth-order valence-electron chi connectivity index (χ4n) is 7.08. The first kappa shape index (κ1) is 20.3. The molecule has 0 aromatic heterocycles. The van der Waals surface area contributed by atoms with Gasteiger partial charge in [-0.1, -0.05) is 24.3 Å². The second-order valence-electron chi connectivity index (χ2n) is 10.5. The minimum Gasteiger partial charge on any atom is -0.373 e. The van der Waals surface area contributed by atoms with Crippen LogP contribution in [0.5, 0.6) is 0 Å². The predicted molar refractivity (Wildman–Crippen MR) is 118 cm³/mol. The van der Waals surface area contributed by atoms with Gasteiger partial charge in [-0.15, -0.1) is 0 Å². The summed E-state index contributed by atoms with van der Waals surface area (Å²) < 4.78 is 5.87.